The van der Waals surface area contributed by atoms with E-state index in [2.05, 4.69) is 10.0 Å². The number of carbonyl (C=O) groups is 2. The van der Waals surface area contributed by atoms with Crippen LogP contribution in [0.1, 0.15) is 22.3 Å². The average molecular weight is 415 g/mol. The molecule has 2 N–H and O–H groups in total. The van der Waals surface area contributed by atoms with Gasteiger partial charge in [-0.3, -0.25) is 4.79 Å². The number of sulfonamides is 1. The molecule has 2 aromatic carbocycles. The number of carbonyl (C=O) groups excluding carboxylic acids is 2. The molecule has 0 saturated carbocycles. The van der Waals surface area contributed by atoms with E-state index in [1.54, 1.807) is 0 Å². The van der Waals surface area contributed by atoms with Crippen molar-refractivity contribution in [2.75, 3.05) is 19.7 Å². The molecule has 0 heterocycles. The van der Waals surface area contributed by atoms with Crippen LogP contribution in [0, 0.1) is 11.3 Å². The van der Waals surface area contributed by atoms with Crippen LogP contribution in [0.15, 0.2) is 59.5 Å². The van der Waals surface area contributed by atoms with E-state index in [0.717, 1.165) is 5.56 Å². The van der Waals surface area contributed by atoms with E-state index in [4.69, 9.17) is 10.00 Å². The summed E-state index contributed by atoms with van der Waals surface area (Å²) in [6.45, 7) is -0.00282. The molecule has 0 aliphatic heterocycles. The van der Waals surface area contributed by atoms with Gasteiger partial charge in [0.2, 0.25) is 10.0 Å². The fraction of sp³-hybridized carbons (Fsp3) is 0.250. The monoisotopic (exact) mass is 415 g/mol. The van der Waals surface area contributed by atoms with Crippen molar-refractivity contribution in [2.45, 2.75) is 17.7 Å². The van der Waals surface area contributed by atoms with Crippen LogP contribution >= 0.6 is 0 Å². The first kappa shape index (κ1) is 22.1. The van der Waals surface area contributed by atoms with Gasteiger partial charge < -0.3 is 10.1 Å². The third-order valence-electron chi connectivity index (χ3n) is 3.84. The average Bonchev–Trinajstić information content (AvgIpc) is 2.73. The summed E-state index contributed by atoms with van der Waals surface area (Å²) in [6, 6.07) is 16.6. The summed E-state index contributed by atoms with van der Waals surface area (Å²) in [5, 5.41) is 11.1. The molecule has 1 amide bonds. The molecule has 0 atom stereocenters. The number of esters is 1. The molecule has 0 aliphatic rings. The highest BCUT2D eigenvalue weighted by Crippen LogP contribution is 2.11. The number of nitriles is 1. The Morgan fingerprint density at radius 3 is 2.34 bits per heavy atom. The summed E-state index contributed by atoms with van der Waals surface area (Å²) in [5.74, 6) is -1.15. The predicted molar refractivity (Wildman–Crippen MR) is 105 cm³/mol. The SMILES string of the molecule is N#CCCNS(=O)(=O)c1ccc(C(=O)OCC(=O)NCCc2ccccc2)cc1. The second kappa shape index (κ2) is 10.9. The van der Waals surface area contributed by atoms with Gasteiger partial charge in [0.25, 0.3) is 5.91 Å². The standard InChI is InChI=1S/C20H21N3O5S/c21-12-4-13-23-29(26,27)18-9-7-17(8-10-18)20(25)28-15-19(24)22-14-11-16-5-2-1-3-6-16/h1-3,5-10,23H,4,11,13-15H2,(H,22,24). The van der Waals surface area contributed by atoms with Crippen molar-refractivity contribution in [3.05, 3.63) is 65.7 Å². The third kappa shape index (κ3) is 7.37. The summed E-state index contributed by atoms with van der Waals surface area (Å²) in [5.41, 5.74) is 1.21. The number of benzene rings is 2. The lowest BCUT2D eigenvalue weighted by Gasteiger charge is -2.08. The Morgan fingerprint density at radius 1 is 1.00 bits per heavy atom. The molecule has 0 radical (unpaired) electrons. The molecule has 0 aromatic heterocycles. The van der Waals surface area contributed by atoms with E-state index in [9.17, 15) is 18.0 Å². The van der Waals surface area contributed by atoms with Crippen LogP contribution in [0.25, 0.3) is 0 Å². The van der Waals surface area contributed by atoms with Gasteiger partial charge in [-0.15, -0.1) is 0 Å². The molecule has 8 nitrogen and oxygen atoms in total. The smallest absolute Gasteiger partial charge is 0.338 e. The van der Waals surface area contributed by atoms with Crippen molar-refractivity contribution in [3.8, 4) is 6.07 Å². The van der Waals surface area contributed by atoms with Gasteiger partial charge in [-0.2, -0.15) is 5.26 Å². The lowest BCUT2D eigenvalue weighted by molar-refractivity contribution is -0.124. The van der Waals surface area contributed by atoms with Gasteiger partial charge >= 0.3 is 5.97 Å². The van der Waals surface area contributed by atoms with Gasteiger partial charge in [0.1, 0.15) is 0 Å². The second-order valence-corrected chi connectivity index (χ2v) is 7.76. The quantitative estimate of drug-likeness (QED) is 0.446. The Kier molecular flexibility index (Phi) is 8.33. The third-order valence-corrected chi connectivity index (χ3v) is 5.32. The molecule has 2 aromatic rings. The van der Waals surface area contributed by atoms with E-state index >= 15 is 0 Å². The highest BCUT2D eigenvalue weighted by atomic mass is 32.2. The summed E-state index contributed by atoms with van der Waals surface area (Å²) < 4.78 is 31.3. The fourth-order valence-electron chi connectivity index (χ4n) is 2.35. The molecular formula is C20H21N3O5S. The minimum absolute atomic E-state index is 0.00199. The minimum Gasteiger partial charge on any atom is -0.452 e. The molecular weight excluding hydrogens is 394 g/mol. The van der Waals surface area contributed by atoms with Crippen molar-refractivity contribution in [2.24, 2.45) is 0 Å². The zero-order valence-electron chi connectivity index (χ0n) is 15.6. The van der Waals surface area contributed by atoms with Gasteiger partial charge in [0, 0.05) is 19.5 Å². The zero-order chi connectivity index (χ0) is 21.1. The van der Waals surface area contributed by atoms with Crippen LogP contribution in [0.4, 0.5) is 0 Å². The highest BCUT2D eigenvalue weighted by Gasteiger charge is 2.15. The van der Waals surface area contributed by atoms with Crippen molar-refractivity contribution in [1.82, 2.24) is 10.0 Å². The first-order chi connectivity index (χ1) is 13.9. The largest absolute Gasteiger partial charge is 0.452 e. The Hall–Kier alpha value is -3.22. The van der Waals surface area contributed by atoms with Crippen molar-refractivity contribution >= 4 is 21.9 Å². The molecule has 0 saturated heterocycles. The number of nitrogens with one attached hydrogen (secondary N) is 2. The van der Waals surface area contributed by atoms with Gasteiger partial charge in [-0.25, -0.2) is 17.9 Å². The summed E-state index contributed by atoms with van der Waals surface area (Å²) in [4.78, 5) is 23.8. The number of hydrogen-bond donors (Lipinski definition) is 2. The van der Waals surface area contributed by atoms with Crippen molar-refractivity contribution in [3.63, 3.8) is 0 Å². The number of hydrogen-bond acceptors (Lipinski definition) is 6. The van der Waals surface area contributed by atoms with Gasteiger partial charge in [-0.05, 0) is 36.2 Å². The normalized spacial score (nSPS) is 10.7. The lowest BCUT2D eigenvalue weighted by atomic mass is 10.1. The van der Waals surface area contributed by atoms with Crippen LogP contribution < -0.4 is 10.0 Å². The van der Waals surface area contributed by atoms with Crippen LogP contribution in [0.2, 0.25) is 0 Å². The molecule has 0 fully saturated rings. The van der Waals surface area contributed by atoms with Gasteiger partial charge in [0.15, 0.2) is 6.61 Å². The molecule has 29 heavy (non-hydrogen) atoms. The Bertz CT molecular complexity index is 967. The number of ether oxygens (including phenoxy) is 1. The first-order valence-electron chi connectivity index (χ1n) is 8.87. The number of nitrogens with zero attached hydrogens (tertiary/aromatic N) is 1. The van der Waals surface area contributed by atoms with E-state index in [0.29, 0.717) is 13.0 Å². The van der Waals surface area contributed by atoms with Gasteiger partial charge in [0.05, 0.1) is 16.5 Å². The van der Waals surface area contributed by atoms with E-state index < -0.39 is 28.5 Å². The fourth-order valence-corrected chi connectivity index (χ4v) is 3.38. The number of rotatable bonds is 10. The maximum absolute atomic E-state index is 12.0. The lowest BCUT2D eigenvalue weighted by Crippen LogP contribution is -2.30. The molecule has 152 valence electrons. The summed E-state index contributed by atoms with van der Waals surface area (Å²) >= 11 is 0. The molecule has 0 bridgehead atoms. The van der Waals surface area contributed by atoms with Crippen LogP contribution in [-0.2, 0) is 26.0 Å². The van der Waals surface area contributed by atoms with Gasteiger partial charge in [-0.1, -0.05) is 30.3 Å². The molecule has 0 spiro atoms. The predicted octanol–water partition coefficient (Wildman–Crippen LogP) is 1.39. The van der Waals surface area contributed by atoms with E-state index in [-0.39, 0.29) is 23.4 Å². The Balaban J connectivity index is 1.78. The molecule has 2 rings (SSSR count). The zero-order valence-corrected chi connectivity index (χ0v) is 16.4. The van der Waals surface area contributed by atoms with Crippen LogP contribution in [-0.4, -0.2) is 40.0 Å². The first-order valence-corrected chi connectivity index (χ1v) is 10.3. The number of amides is 1. The highest BCUT2D eigenvalue weighted by molar-refractivity contribution is 7.89. The molecule has 9 heteroatoms. The van der Waals surface area contributed by atoms with E-state index in [1.807, 2.05) is 36.4 Å². The maximum atomic E-state index is 12.0. The van der Waals surface area contributed by atoms with Crippen LogP contribution in [0.5, 0.6) is 0 Å². The van der Waals surface area contributed by atoms with Crippen molar-refractivity contribution in [1.29, 1.82) is 5.26 Å². The Labute approximate surface area is 169 Å². The summed E-state index contributed by atoms with van der Waals surface area (Å²) in [7, 11) is -3.75. The molecule has 0 aliphatic carbocycles. The van der Waals surface area contributed by atoms with Crippen LogP contribution in [0.3, 0.4) is 0 Å². The summed E-state index contributed by atoms with van der Waals surface area (Å²) in [6.07, 6.45) is 0.718. The Morgan fingerprint density at radius 2 is 1.69 bits per heavy atom. The maximum Gasteiger partial charge on any atom is 0.338 e. The minimum atomic E-state index is -3.75. The van der Waals surface area contributed by atoms with E-state index in [1.165, 1.54) is 24.3 Å². The second-order valence-electron chi connectivity index (χ2n) is 5.99. The van der Waals surface area contributed by atoms with Crippen molar-refractivity contribution < 1.29 is 22.7 Å². The topological polar surface area (TPSA) is 125 Å². The molecule has 0 unspecified atom stereocenters.